The van der Waals surface area contributed by atoms with E-state index < -0.39 is 0 Å². The molecule has 3 heteroatoms. The van der Waals surface area contributed by atoms with Gasteiger partial charge in [0.15, 0.2) is 0 Å². The molecule has 74 valence electrons. The average molecular weight is 176 g/mol. The van der Waals surface area contributed by atoms with E-state index in [0.29, 0.717) is 19.8 Å². The number of methoxy groups -OCH3 is 3. The molecule has 3 nitrogen and oxygen atoms in total. The second-order valence-corrected chi connectivity index (χ2v) is 3.15. The van der Waals surface area contributed by atoms with Crippen LogP contribution in [-0.2, 0) is 14.2 Å². The van der Waals surface area contributed by atoms with E-state index in [4.69, 9.17) is 14.2 Å². The highest BCUT2D eigenvalue weighted by Crippen LogP contribution is 2.22. The van der Waals surface area contributed by atoms with E-state index >= 15 is 0 Å². The van der Waals surface area contributed by atoms with Gasteiger partial charge in [-0.2, -0.15) is 0 Å². The lowest BCUT2D eigenvalue weighted by Crippen LogP contribution is -2.35. The number of ether oxygens (including phenoxy) is 3. The molecule has 0 atom stereocenters. The van der Waals surface area contributed by atoms with Crippen molar-refractivity contribution in [3.05, 3.63) is 0 Å². The van der Waals surface area contributed by atoms with E-state index in [9.17, 15) is 0 Å². The van der Waals surface area contributed by atoms with Crippen molar-refractivity contribution in [1.82, 2.24) is 0 Å². The lowest BCUT2D eigenvalue weighted by Gasteiger charge is -2.30. The first kappa shape index (κ1) is 11.9. The summed E-state index contributed by atoms with van der Waals surface area (Å²) >= 11 is 0. The number of hydrogen-bond donors (Lipinski definition) is 0. The lowest BCUT2D eigenvalue weighted by molar-refractivity contribution is -0.0403. The number of rotatable bonds is 7. The molecule has 0 N–H and O–H groups in total. The summed E-state index contributed by atoms with van der Waals surface area (Å²) in [5, 5.41) is 0. The first-order valence-electron chi connectivity index (χ1n) is 4.21. The van der Waals surface area contributed by atoms with Gasteiger partial charge in [-0.1, -0.05) is 6.92 Å². The maximum Gasteiger partial charge on any atom is 0.0562 e. The molecular formula is C9H20O3. The quantitative estimate of drug-likeness (QED) is 0.585. The van der Waals surface area contributed by atoms with Crippen molar-refractivity contribution in [3.8, 4) is 0 Å². The van der Waals surface area contributed by atoms with Gasteiger partial charge in [-0.3, -0.25) is 0 Å². The number of hydrogen-bond acceptors (Lipinski definition) is 3. The summed E-state index contributed by atoms with van der Waals surface area (Å²) in [6, 6.07) is 0. The van der Waals surface area contributed by atoms with Gasteiger partial charge in [-0.15, -0.1) is 0 Å². The minimum Gasteiger partial charge on any atom is -0.384 e. The molecule has 0 aromatic rings. The molecule has 0 saturated carbocycles. The molecule has 0 aromatic carbocycles. The molecule has 0 radical (unpaired) electrons. The summed E-state index contributed by atoms with van der Waals surface area (Å²) in [5.74, 6) is 0. The lowest BCUT2D eigenvalue weighted by atomic mass is 9.88. The van der Waals surface area contributed by atoms with Crippen LogP contribution in [0.4, 0.5) is 0 Å². The summed E-state index contributed by atoms with van der Waals surface area (Å²) in [6.07, 6.45) is 1.00. The normalized spacial score (nSPS) is 12.0. The highest BCUT2D eigenvalue weighted by molar-refractivity contribution is 4.76. The molecule has 0 amide bonds. The molecule has 12 heavy (non-hydrogen) atoms. The summed E-state index contributed by atoms with van der Waals surface area (Å²) in [5.41, 5.74) is 0.0260. The Morgan fingerprint density at radius 2 is 1.17 bits per heavy atom. The summed E-state index contributed by atoms with van der Waals surface area (Å²) in [4.78, 5) is 0. The van der Waals surface area contributed by atoms with Crippen molar-refractivity contribution in [2.75, 3.05) is 41.2 Å². The Bertz CT molecular complexity index is 86.9. The van der Waals surface area contributed by atoms with Gasteiger partial charge in [0, 0.05) is 26.7 Å². The van der Waals surface area contributed by atoms with Crippen LogP contribution in [0.5, 0.6) is 0 Å². The Morgan fingerprint density at radius 1 is 0.833 bits per heavy atom. The maximum absolute atomic E-state index is 5.14. The molecule has 0 aliphatic carbocycles. The molecular weight excluding hydrogens is 156 g/mol. The molecule has 0 aliphatic heterocycles. The van der Waals surface area contributed by atoms with Gasteiger partial charge in [0.25, 0.3) is 0 Å². The molecule has 0 aliphatic rings. The molecule has 0 rings (SSSR count). The van der Waals surface area contributed by atoms with Crippen LogP contribution < -0.4 is 0 Å². The molecule has 0 aromatic heterocycles. The Hall–Kier alpha value is -0.120. The van der Waals surface area contributed by atoms with Crippen molar-refractivity contribution >= 4 is 0 Å². The van der Waals surface area contributed by atoms with Crippen LogP contribution in [0.15, 0.2) is 0 Å². The molecule has 0 heterocycles. The van der Waals surface area contributed by atoms with E-state index in [0.717, 1.165) is 6.42 Å². The van der Waals surface area contributed by atoms with Crippen molar-refractivity contribution in [3.63, 3.8) is 0 Å². The van der Waals surface area contributed by atoms with E-state index in [1.54, 1.807) is 21.3 Å². The van der Waals surface area contributed by atoms with E-state index in [1.807, 2.05) is 0 Å². The van der Waals surface area contributed by atoms with Gasteiger partial charge in [0.1, 0.15) is 0 Å². The summed E-state index contributed by atoms with van der Waals surface area (Å²) < 4.78 is 15.4. The fraction of sp³-hybridized carbons (Fsp3) is 1.00. The summed E-state index contributed by atoms with van der Waals surface area (Å²) in [7, 11) is 5.11. The maximum atomic E-state index is 5.14. The van der Waals surface area contributed by atoms with Gasteiger partial charge in [0.2, 0.25) is 0 Å². The highest BCUT2D eigenvalue weighted by Gasteiger charge is 2.28. The Morgan fingerprint density at radius 3 is 1.33 bits per heavy atom. The fourth-order valence-electron chi connectivity index (χ4n) is 1.35. The molecule has 0 fully saturated rings. The highest BCUT2D eigenvalue weighted by atomic mass is 16.5. The largest absolute Gasteiger partial charge is 0.384 e. The van der Waals surface area contributed by atoms with Crippen LogP contribution in [0.1, 0.15) is 13.3 Å². The van der Waals surface area contributed by atoms with Gasteiger partial charge < -0.3 is 14.2 Å². The van der Waals surface area contributed by atoms with Crippen molar-refractivity contribution in [2.24, 2.45) is 5.41 Å². The van der Waals surface area contributed by atoms with Gasteiger partial charge in [-0.25, -0.2) is 0 Å². The fourth-order valence-corrected chi connectivity index (χ4v) is 1.35. The predicted octanol–water partition coefficient (Wildman–Crippen LogP) is 1.32. The monoisotopic (exact) mass is 176 g/mol. The summed E-state index contributed by atoms with van der Waals surface area (Å²) in [6.45, 7) is 4.18. The first-order chi connectivity index (χ1) is 5.74. The van der Waals surface area contributed by atoms with Crippen molar-refractivity contribution in [2.45, 2.75) is 13.3 Å². The van der Waals surface area contributed by atoms with Crippen LogP contribution in [0.25, 0.3) is 0 Å². The molecule has 0 saturated heterocycles. The first-order valence-corrected chi connectivity index (χ1v) is 4.21. The van der Waals surface area contributed by atoms with E-state index in [2.05, 4.69) is 6.92 Å². The second kappa shape index (κ2) is 6.40. The van der Waals surface area contributed by atoms with Crippen LogP contribution in [0.3, 0.4) is 0 Å². The van der Waals surface area contributed by atoms with E-state index in [-0.39, 0.29) is 5.41 Å². The standard InChI is InChI=1S/C9H20O3/c1-5-9(6-10-2,7-11-3)8-12-4/h5-8H2,1-4H3. The Balaban J connectivity index is 4.06. The average Bonchev–Trinajstić information content (AvgIpc) is 2.06. The third-order valence-electron chi connectivity index (χ3n) is 2.10. The second-order valence-electron chi connectivity index (χ2n) is 3.15. The smallest absolute Gasteiger partial charge is 0.0562 e. The third-order valence-corrected chi connectivity index (χ3v) is 2.10. The molecule has 0 bridgehead atoms. The van der Waals surface area contributed by atoms with Crippen LogP contribution in [0.2, 0.25) is 0 Å². The zero-order valence-electron chi connectivity index (χ0n) is 8.55. The zero-order chi connectivity index (χ0) is 9.45. The predicted molar refractivity (Wildman–Crippen MR) is 48.4 cm³/mol. The third kappa shape index (κ3) is 3.52. The SMILES string of the molecule is CCC(COC)(COC)COC. The Labute approximate surface area is 75.0 Å². The minimum absolute atomic E-state index is 0.0260. The van der Waals surface area contributed by atoms with Gasteiger partial charge in [-0.05, 0) is 6.42 Å². The van der Waals surface area contributed by atoms with Crippen molar-refractivity contribution < 1.29 is 14.2 Å². The topological polar surface area (TPSA) is 27.7 Å². The van der Waals surface area contributed by atoms with E-state index in [1.165, 1.54) is 0 Å². The molecule has 0 spiro atoms. The van der Waals surface area contributed by atoms with Crippen LogP contribution in [-0.4, -0.2) is 41.2 Å². The van der Waals surface area contributed by atoms with Gasteiger partial charge >= 0.3 is 0 Å². The molecule has 0 unspecified atom stereocenters. The van der Waals surface area contributed by atoms with Crippen LogP contribution >= 0.6 is 0 Å². The van der Waals surface area contributed by atoms with Crippen LogP contribution in [0, 0.1) is 5.41 Å². The van der Waals surface area contributed by atoms with Gasteiger partial charge in [0.05, 0.1) is 19.8 Å². The van der Waals surface area contributed by atoms with Crippen molar-refractivity contribution in [1.29, 1.82) is 0 Å². The minimum atomic E-state index is 0.0260. The zero-order valence-corrected chi connectivity index (χ0v) is 8.55. The Kier molecular flexibility index (Phi) is 6.34.